The minimum atomic E-state index is 0.246. The topological polar surface area (TPSA) is 67.7 Å². The molecule has 0 spiro atoms. The molecule has 0 bridgehead atoms. The molecule has 1 aliphatic carbocycles. The van der Waals surface area contributed by atoms with E-state index in [2.05, 4.69) is 23.4 Å². The second-order valence-corrected chi connectivity index (χ2v) is 5.27. The Morgan fingerprint density at radius 2 is 2.31 bits per heavy atom. The van der Waals surface area contributed by atoms with Crippen LogP contribution in [0.1, 0.15) is 44.9 Å². The Morgan fingerprint density at radius 3 is 2.81 bits per heavy atom. The third kappa shape index (κ3) is 2.26. The predicted octanol–water partition coefficient (Wildman–Crippen LogP) is 2.11. The minimum absolute atomic E-state index is 0.246. The van der Waals surface area contributed by atoms with Crippen LogP contribution in [0.2, 0.25) is 0 Å². The zero-order valence-electron chi connectivity index (χ0n) is 10.0. The molecule has 0 radical (unpaired) electrons. The first-order valence-corrected chi connectivity index (χ1v) is 5.86. The third-order valence-corrected chi connectivity index (χ3v) is 3.29. The number of nitrogens with two attached hydrogens (primary N) is 1. The molecular formula is C12H20N4. The van der Waals surface area contributed by atoms with E-state index in [1.165, 1.54) is 12.8 Å². The van der Waals surface area contributed by atoms with Crippen molar-refractivity contribution in [2.75, 3.05) is 0 Å². The molecule has 0 aliphatic heterocycles. The highest BCUT2D eigenvalue weighted by atomic mass is 15.1. The Kier molecular flexibility index (Phi) is 2.74. The molecule has 1 fully saturated rings. The summed E-state index contributed by atoms with van der Waals surface area (Å²) in [5.74, 6) is 1.89. The highest BCUT2D eigenvalue weighted by Gasteiger charge is 2.43. The second-order valence-electron chi connectivity index (χ2n) is 5.27. The normalized spacial score (nSPS) is 17.7. The number of nitrogens with one attached hydrogen (secondary N) is 1. The summed E-state index contributed by atoms with van der Waals surface area (Å²) in [6.45, 7) is 5.27. The number of rotatable bonds is 5. The van der Waals surface area contributed by atoms with Crippen molar-refractivity contribution in [2.24, 2.45) is 11.1 Å². The van der Waals surface area contributed by atoms with Gasteiger partial charge in [0.1, 0.15) is 5.82 Å². The largest absolute Gasteiger partial charge is 0.388 e. The molecule has 1 aromatic rings. The zero-order valence-corrected chi connectivity index (χ0v) is 10.0. The van der Waals surface area contributed by atoms with E-state index in [0.29, 0.717) is 11.8 Å². The van der Waals surface area contributed by atoms with Gasteiger partial charge in [0.2, 0.25) is 0 Å². The molecule has 1 aliphatic rings. The number of amidine groups is 1. The number of imidazole rings is 1. The molecule has 0 atom stereocenters. The summed E-state index contributed by atoms with van der Waals surface area (Å²) >= 11 is 0. The van der Waals surface area contributed by atoms with E-state index in [1.54, 1.807) is 0 Å². The summed E-state index contributed by atoms with van der Waals surface area (Å²) in [7, 11) is 0. The van der Waals surface area contributed by atoms with Crippen LogP contribution in [0.3, 0.4) is 0 Å². The smallest absolute Gasteiger partial charge is 0.111 e. The Bertz CT molecular complexity index is 387. The summed E-state index contributed by atoms with van der Waals surface area (Å²) in [5.41, 5.74) is 5.75. The van der Waals surface area contributed by atoms with Gasteiger partial charge < -0.3 is 10.3 Å². The summed E-state index contributed by atoms with van der Waals surface area (Å²) < 4.78 is 2.22. The lowest BCUT2D eigenvalue weighted by molar-refractivity contribution is 0.422. The predicted molar refractivity (Wildman–Crippen MR) is 64.5 cm³/mol. The van der Waals surface area contributed by atoms with Crippen LogP contribution in [0.5, 0.6) is 0 Å². The molecule has 2 rings (SSSR count). The quantitative estimate of drug-likeness (QED) is 0.589. The number of aromatic nitrogens is 2. The number of hydrogen-bond donors (Lipinski definition) is 2. The van der Waals surface area contributed by atoms with E-state index in [0.717, 1.165) is 18.8 Å². The fourth-order valence-electron chi connectivity index (χ4n) is 2.29. The highest BCUT2D eigenvalue weighted by Crippen LogP contribution is 2.50. The van der Waals surface area contributed by atoms with Gasteiger partial charge in [-0.2, -0.15) is 0 Å². The van der Waals surface area contributed by atoms with Gasteiger partial charge in [0.25, 0.3) is 0 Å². The van der Waals surface area contributed by atoms with Crippen LogP contribution >= 0.6 is 0 Å². The molecule has 1 heterocycles. The Labute approximate surface area is 96.4 Å². The molecule has 0 saturated heterocycles. The van der Waals surface area contributed by atoms with Crippen molar-refractivity contribution in [3.63, 3.8) is 0 Å². The molecule has 1 saturated carbocycles. The maximum absolute atomic E-state index is 7.41. The first-order chi connectivity index (χ1) is 7.52. The van der Waals surface area contributed by atoms with Crippen LogP contribution in [0, 0.1) is 10.8 Å². The molecule has 88 valence electrons. The maximum Gasteiger partial charge on any atom is 0.111 e. The van der Waals surface area contributed by atoms with Crippen molar-refractivity contribution in [2.45, 2.75) is 45.6 Å². The van der Waals surface area contributed by atoms with Crippen molar-refractivity contribution >= 4 is 5.84 Å². The first kappa shape index (κ1) is 11.2. The summed E-state index contributed by atoms with van der Waals surface area (Å²) in [6, 6.07) is 0. The van der Waals surface area contributed by atoms with E-state index < -0.39 is 0 Å². The molecule has 3 N–H and O–H groups in total. The van der Waals surface area contributed by atoms with Crippen LogP contribution in [0.4, 0.5) is 0 Å². The van der Waals surface area contributed by atoms with E-state index in [9.17, 15) is 0 Å². The molecule has 16 heavy (non-hydrogen) atoms. The monoisotopic (exact) mass is 220 g/mol. The van der Waals surface area contributed by atoms with E-state index >= 15 is 0 Å². The van der Waals surface area contributed by atoms with Crippen molar-refractivity contribution in [3.8, 4) is 0 Å². The van der Waals surface area contributed by atoms with E-state index in [4.69, 9.17) is 11.1 Å². The van der Waals surface area contributed by atoms with Crippen molar-refractivity contribution < 1.29 is 0 Å². The van der Waals surface area contributed by atoms with Gasteiger partial charge in [0, 0.05) is 31.3 Å². The van der Waals surface area contributed by atoms with Crippen LogP contribution in [0.25, 0.3) is 0 Å². The lowest BCUT2D eigenvalue weighted by atomic mass is 10.0. The fourth-order valence-corrected chi connectivity index (χ4v) is 2.29. The van der Waals surface area contributed by atoms with Crippen LogP contribution in [0.15, 0.2) is 12.4 Å². The molecule has 4 heteroatoms. The van der Waals surface area contributed by atoms with Gasteiger partial charge in [-0.3, -0.25) is 5.41 Å². The van der Waals surface area contributed by atoms with Crippen molar-refractivity contribution in [1.82, 2.24) is 9.55 Å². The van der Waals surface area contributed by atoms with Crippen LogP contribution < -0.4 is 5.73 Å². The molecular weight excluding hydrogens is 200 g/mol. The van der Waals surface area contributed by atoms with Crippen LogP contribution in [-0.4, -0.2) is 15.4 Å². The molecule has 0 unspecified atom stereocenters. The summed E-state index contributed by atoms with van der Waals surface area (Å²) in [6.07, 6.45) is 6.99. The highest BCUT2D eigenvalue weighted by molar-refractivity contribution is 5.78. The van der Waals surface area contributed by atoms with Gasteiger partial charge >= 0.3 is 0 Å². The van der Waals surface area contributed by atoms with Gasteiger partial charge in [0.15, 0.2) is 0 Å². The second kappa shape index (κ2) is 3.92. The van der Waals surface area contributed by atoms with Gasteiger partial charge in [-0.05, 0) is 18.3 Å². The third-order valence-electron chi connectivity index (χ3n) is 3.29. The number of hydrogen-bond acceptors (Lipinski definition) is 2. The Balaban J connectivity index is 2.09. The molecule has 4 nitrogen and oxygen atoms in total. The lowest BCUT2D eigenvalue weighted by Crippen LogP contribution is -2.21. The van der Waals surface area contributed by atoms with Crippen LogP contribution in [-0.2, 0) is 6.54 Å². The van der Waals surface area contributed by atoms with Crippen molar-refractivity contribution in [3.05, 3.63) is 18.2 Å². The number of nitrogens with zero attached hydrogens (tertiary/aromatic N) is 2. The van der Waals surface area contributed by atoms with E-state index in [1.807, 2.05) is 12.4 Å². The molecule has 0 amide bonds. The average molecular weight is 220 g/mol. The maximum atomic E-state index is 7.41. The Morgan fingerprint density at radius 1 is 1.62 bits per heavy atom. The van der Waals surface area contributed by atoms with Crippen molar-refractivity contribution in [1.29, 1.82) is 5.41 Å². The minimum Gasteiger partial charge on any atom is -0.388 e. The summed E-state index contributed by atoms with van der Waals surface area (Å²) in [4.78, 5) is 4.38. The zero-order chi connectivity index (χ0) is 11.8. The van der Waals surface area contributed by atoms with Gasteiger partial charge in [0.05, 0.1) is 5.84 Å². The first-order valence-electron chi connectivity index (χ1n) is 5.86. The molecule has 1 aromatic heterocycles. The Hall–Kier alpha value is -1.32. The van der Waals surface area contributed by atoms with Gasteiger partial charge in [-0.1, -0.05) is 13.8 Å². The standard InChI is InChI=1S/C12H20N4/c1-9(2)11-15-5-6-16(11)8-12(3-4-12)7-10(13)14/h5-6,9H,3-4,7-8H2,1-2H3,(H3,13,14). The average Bonchev–Trinajstić information content (AvgIpc) is 2.75. The summed E-state index contributed by atoms with van der Waals surface area (Å²) in [5, 5.41) is 7.41. The van der Waals surface area contributed by atoms with Gasteiger partial charge in [-0.25, -0.2) is 4.98 Å². The van der Waals surface area contributed by atoms with Gasteiger partial charge in [-0.15, -0.1) is 0 Å². The molecule has 0 aromatic carbocycles. The lowest BCUT2D eigenvalue weighted by Gasteiger charge is -2.18. The fraction of sp³-hybridized carbons (Fsp3) is 0.667. The van der Waals surface area contributed by atoms with E-state index in [-0.39, 0.29) is 5.41 Å². The SMILES string of the molecule is CC(C)c1nccn1CC1(CC(=N)N)CC1.